The van der Waals surface area contributed by atoms with Crippen LogP contribution in [0.4, 0.5) is 4.39 Å². The van der Waals surface area contributed by atoms with Gasteiger partial charge in [-0.05, 0) is 55.2 Å². The van der Waals surface area contributed by atoms with E-state index in [1.165, 1.54) is 17.0 Å². The number of nitrogens with zero attached hydrogens (tertiary/aromatic N) is 1. The number of carbonyl (C=O) groups excluding carboxylic acids is 2. The van der Waals surface area contributed by atoms with Crippen molar-refractivity contribution in [3.63, 3.8) is 0 Å². The van der Waals surface area contributed by atoms with Gasteiger partial charge in [-0.1, -0.05) is 59.4 Å². The first-order valence-corrected chi connectivity index (χ1v) is 12.0. The zero-order chi connectivity index (χ0) is 23.1. The van der Waals surface area contributed by atoms with Crippen LogP contribution in [0.15, 0.2) is 46.9 Å². The highest BCUT2D eigenvalue weighted by Gasteiger charge is 2.31. The molecule has 0 radical (unpaired) electrons. The van der Waals surface area contributed by atoms with Crippen LogP contribution in [0.3, 0.4) is 0 Å². The molecule has 3 rings (SSSR count). The lowest BCUT2D eigenvalue weighted by molar-refractivity contribution is -0.143. The molecule has 1 atom stereocenters. The van der Waals surface area contributed by atoms with Gasteiger partial charge < -0.3 is 15.0 Å². The van der Waals surface area contributed by atoms with Crippen molar-refractivity contribution in [1.29, 1.82) is 0 Å². The first kappa shape index (κ1) is 24.5. The first-order chi connectivity index (χ1) is 15.4. The fourth-order valence-corrected chi connectivity index (χ4v) is 4.62. The summed E-state index contributed by atoms with van der Waals surface area (Å²) >= 11 is 9.53. The number of benzene rings is 2. The van der Waals surface area contributed by atoms with Crippen LogP contribution < -0.4 is 10.1 Å². The van der Waals surface area contributed by atoms with Crippen LogP contribution in [0.1, 0.15) is 44.6 Å². The number of hydrogen-bond acceptors (Lipinski definition) is 3. The third-order valence-electron chi connectivity index (χ3n) is 5.60. The van der Waals surface area contributed by atoms with E-state index in [2.05, 4.69) is 21.2 Å². The van der Waals surface area contributed by atoms with Gasteiger partial charge in [-0.2, -0.15) is 0 Å². The van der Waals surface area contributed by atoms with Crippen LogP contribution in [0.25, 0.3) is 0 Å². The second-order valence-corrected chi connectivity index (χ2v) is 9.25. The summed E-state index contributed by atoms with van der Waals surface area (Å²) in [5, 5.41) is 3.47. The van der Waals surface area contributed by atoms with E-state index in [-0.39, 0.29) is 36.8 Å². The smallest absolute Gasteiger partial charge is 0.261 e. The predicted octanol–water partition coefficient (Wildman–Crippen LogP) is 5.49. The Hall–Kier alpha value is -2.12. The average Bonchev–Trinajstić information content (AvgIpc) is 3.27. The van der Waals surface area contributed by atoms with E-state index in [9.17, 15) is 14.0 Å². The second-order valence-electron chi connectivity index (χ2n) is 7.93. The van der Waals surface area contributed by atoms with Gasteiger partial charge in [-0.25, -0.2) is 4.39 Å². The first-order valence-electron chi connectivity index (χ1n) is 10.8. The van der Waals surface area contributed by atoms with Gasteiger partial charge >= 0.3 is 0 Å². The van der Waals surface area contributed by atoms with Crippen LogP contribution in [0.5, 0.6) is 5.75 Å². The van der Waals surface area contributed by atoms with Crippen molar-refractivity contribution in [2.45, 2.75) is 57.7 Å². The fourth-order valence-electron chi connectivity index (χ4n) is 3.89. The van der Waals surface area contributed by atoms with E-state index in [1.54, 1.807) is 30.3 Å². The molecule has 0 bridgehead atoms. The molecule has 5 nitrogen and oxygen atoms in total. The fraction of sp³-hybridized carbons (Fsp3) is 0.417. The standard InChI is InChI=1S/C24H27BrClFN2O3/c1-2-21(24(31)28-19-5-3-4-6-19)29(14-16-7-10-18(27)11-8-16)23(30)15-32-22-12-9-17(25)13-20(22)26/h7-13,19,21H,2-6,14-15H2,1H3,(H,28,31)/t21-/m0/s1. The van der Waals surface area contributed by atoms with Crippen molar-refractivity contribution < 1.29 is 18.7 Å². The van der Waals surface area contributed by atoms with Crippen molar-refractivity contribution in [3.05, 3.63) is 63.3 Å². The molecule has 8 heteroatoms. The molecule has 2 aromatic carbocycles. The molecule has 0 aromatic heterocycles. The normalized spacial score (nSPS) is 14.8. The lowest BCUT2D eigenvalue weighted by Crippen LogP contribution is -2.52. The van der Waals surface area contributed by atoms with Gasteiger partial charge in [-0.15, -0.1) is 0 Å². The quantitative estimate of drug-likeness (QED) is 0.471. The lowest BCUT2D eigenvalue weighted by Gasteiger charge is -2.31. The van der Waals surface area contributed by atoms with E-state index in [0.29, 0.717) is 17.2 Å². The Balaban J connectivity index is 1.76. The minimum atomic E-state index is -0.655. The molecular formula is C24H27BrClFN2O3. The van der Waals surface area contributed by atoms with Gasteiger partial charge in [0.15, 0.2) is 6.61 Å². The van der Waals surface area contributed by atoms with Crippen molar-refractivity contribution in [2.75, 3.05) is 6.61 Å². The zero-order valence-corrected chi connectivity index (χ0v) is 20.3. The molecule has 0 spiro atoms. The van der Waals surface area contributed by atoms with Crippen LogP contribution in [-0.2, 0) is 16.1 Å². The summed E-state index contributed by atoms with van der Waals surface area (Å²) in [6, 6.07) is 10.5. The summed E-state index contributed by atoms with van der Waals surface area (Å²) < 4.78 is 19.8. The second kappa shape index (κ2) is 11.7. The third kappa shape index (κ3) is 6.69. The van der Waals surface area contributed by atoms with Gasteiger partial charge in [0.2, 0.25) is 5.91 Å². The third-order valence-corrected chi connectivity index (χ3v) is 6.39. The Kier molecular flexibility index (Phi) is 8.93. The molecule has 1 aliphatic rings. The van der Waals surface area contributed by atoms with E-state index >= 15 is 0 Å². The number of carbonyl (C=O) groups is 2. The highest BCUT2D eigenvalue weighted by atomic mass is 79.9. The maximum Gasteiger partial charge on any atom is 0.261 e. The van der Waals surface area contributed by atoms with Gasteiger partial charge in [0.25, 0.3) is 5.91 Å². The predicted molar refractivity (Wildman–Crippen MR) is 126 cm³/mol. The van der Waals surface area contributed by atoms with Gasteiger partial charge in [-0.3, -0.25) is 9.59 Å². The van der Waals surface area contributed by atoms with Crippen LogP contribution in [0, 0.1) is 5.82 Å². The molecule has 1 saturated carbocycles. The van der Waals surface area contributed by atoms with Crippen molar-refractivity contribution in [1.82, 2.24) is 10.2 Å². The molecular weight excluding hydrogens is 499 g/mol. The van der Waals surface area contributed by atoms with E-state index in [1.807, 2.05) is 6.92 Å². The molecule has 2 amide bonds. The van der Waals surface area contributed by atoms with Crippen molar-refractivity contribution >= 4 is 39.3 Å². The van der Waals surface area contributed by atoms with E-state index in [4.69, 9.17) is 16.3 Å². The van der Waals surface area contributed by atoms with Crippen LogP contribution in [0.2, 0.25) is 5.02 Å². The molecule has 0 unspecified atom stereocenters. The van der Waals surface area contributed by atoms with Gasteiger partial charge in [0.1, 0.15) is 17.6 Å². The Morgan fingerprint density at radius 1 is 1.22 bits per heavy atom. The molecule has 0 saturated heterocycles. The number of hydrogen-bond donors (Lipinski definition) is 1. The highest BCUT2D eigenvalue weighted by Crippen LogP contribution is 2.28. The largest absolute Gasteiger partial charge is 0.482 e. The maximum absolute atomic E-state index is 13.4. The molecule has 0 aliphatic heterocycles. The number of nitrogens with one attached hydrogen (secondary N) is 1. The van der Waals surface area contributed by atoms with Crippen molar-refractivity contribution in [3.8, 4) is 5.75 Å². The minimum Gasteiger partial charge on any atom is -0.482 e. The Labute approximate surface area is 201 Å². The molecule has 172 valence electrons. The molecule has 2 aromatic rings. The van der Waals surface area contributed by atoms with Crippen LogP contribution >= 0.6 is 27.5 Å². The minimum absolute atomic E-state index is 0.150. The van der Waals surface area contributed by atoms with Gasteiger partial charge in [0, 0.05) is 17.1 Å². The van der Waals surface area contributed by atoms with Gasteiger partial charge in [0.05, 0.1) is 5.02 Å². The highest BCUT2D eigenvalue weighted by molar-refractivity contribution is 9.10. The topological polar surface area (TPSA) is 58.6 Å². The summed E-state index contributed by atoms with van der Waals surface area (Å²) in [4.78, 5) is 27.8. The number of amides is 2. The number of halogens is 3. The average molecular weight is 526 g/mol. The Morgan fingerprint density at radius 3 is 2.53 bits per heavy atom. The van der Waals surface area contributed by atoms with Crippen LogP contribution in [-0.4, -0.2) is 35.4 Å². The van der Waals surface area contributed by atoms with E-state index < -0.39 is 6.04 Å². The Morgan fingerprint density at radius 2 is 1.91 bits per heavy atom. The molecule has 1 fully saturated rings. The van der Waals surface area contributed by atoms with E-state index in [0.717, 1.165) is 35.7 Å². The molecule has 0 heterocycles. The number of rotatable bonds is 9. The lowest BCUT2D eigenvalue weighted by atomic mass is 10.1. The number of ether oxygens (including phenoxy) is 1. The molecule has 1 aliphatic carbocycles. The summed E-state index contributed by atoms with van der Waals surface area (Å²) in [7, 11) is 0. The Bertz CT molecular complexity index is 935. The monoisotopic (exact) mass is 524 g/mol. The zero-order valence-electron chi connectivity index (χ0n) is 18.0. The maximum atomic E-state index is 13.4. The molecule has 32 heavy (non-hydrogen) atoms. The summed E-state index contributed by atoms with van der Waals surface area (Å²) in [6.45, 7) is 1.78. The summed E-state index contributed by atoms with van der Waals surface area (Å²) in [5.41, 5.74) is 0.730. The summed E-state index contributed by atoms with van der Waals surface area (Å²) in [6.07, 6.45) is 4.56. The molecule has 1 N–H and O–H groups in total. The summed E-state index contributed by atoms with van der Waals surface area (Å²) in [5.74, 6) is -0.488. The SMILES string of the molecule is CC[C@@H](C(=O)NC1CCCC1)N(Cc1ccc(F)cc1)C(=O)COc1ccc(Br)cc1Cl. The van der Waals surface area contributed by atoms with Crippen molar-refractivity contribution in [2.24, 2.45) is 0 Å².